The zero-order valence-electron chi connectivity index (χ0n) is 10.4. The molecule has 0 aromatic carbocycles. The van der Waals surface area contributed by atoms with E-state index in [1.54, 1.807) is 6.33 Å². The van der Waals surface area contributed by atoms with Crippen LogP contribution in [-0.4, -0.2) is 35.5 Å². The van der Waals surface area contributed by atoms with Crippen molar-refractivity contribution in [1.82, 2.24) is 15.3 Å². The Morgan fingerprint density at radius 3 is 2.89 bits per heavy atom. The van der Waals surface area contributed by atoms with Crippen molar-refractivity contribution in [2.45, 2.75) is 31.6 Å². The van der Waals surface area contributed by atoms with E-state index >= 15 is 0 Å². The van der Waals surface area contributed by atoms with Gasteiger partial charge in [0.25, 0.3) is 0 Å². The number of hydrogen-bond donors (Lipinski definition) is 1. The fourth-order valence-corrected chi connectivity index (χ4v) is 2.81. The number of nitrogens with zero attached hydrogens (tertiary/aromatic N) is 3. The topological polar surface area (TPSA) is 58.1 Å². The monoisotopic (exact) mass is 246 g/mol. The molecule has 1 amide bonds. The first kappa shape index (κ1) is 11.4. The van der Waals surface area contributed by atoms with Gasteiger partial charge in [0.1, 0.15) is 12.1 Å². The van der Waals surface area contributed by atoms with Crippen LogP contribution in [0.25, 0.3) is 0 Å². The molecule has 2 heterocycles. The van der Waals surface area contributed by atoms with Gasteiger partial charge in [-0.25, -0.2) is 9.97 Å². The second kappa shape index (κ2) is 4.92. The smallest absolute Gasteiger partial charge is 0.239 e. The van der Waals surface area contributed by atoms with Crippen LogP contribution < -0.4 is 10.2 Å². The summed E-state index contributed by atoms with van der Waals surface area (Å²) in [5, 5.41) is 2.83. The zero-order valence-corrected chi connectivity index (χ0v) is 10.4. The lowest BCUT2D eigenvalue weighted by atomic mass is 10.0. The van der Waals surface area contributed by atoms with E-state index in [4.69, 9.17) is 0 Å². The van der Waals surface area contributed by atoms with Crippen molar-refractivity contribution >= 4 is 11.7 Å². The van der Waals surface area contributed by atoms with Gasteiger partial charge >= 0.3 is 0 Å². The lowest BCUT2D eigenvalue weighted by Gasteiger charge is -2.27. The number of aromatic nitrogens is 2. The lowest BCUT2D eigenvalue weighted by Crippen LogP contribution is -2.48. The van der Waals surface area contributed by atoms with Gasteiger partial charge in [-0.3, -0.25) is 4.79 Å². The predicted molar refractivity (Wildman–Crippen MR) is 68.5 cm³/mol. The molecular weight excluding hydrogens is 228 g/mol. The van der Waals surface area contributed by atoms with E-state index in [9.17, 15) is 4.79 Å². The molecule has 5 heteroatoms. The van der Waals surface area contributed by atoms with Gasteiger partial charge < -0.3 is 10.2 Å². The summed E-state index contributed by atoms with van der Waals surface area (Å²) < 4.78 is 0. The molecule has 1 aliphatic heterocycles. The Kier molecular flexibility index (Phi) is 3.13. The minimum absolute atomic E-state index is 0.0716. The van der Waals surface area contributed by atoms with Crippen LogP contribution in [0.4, 0.5) is 5.82 Å². The Morgan fingerprint density at radius 2 is 2.11 bits per heavy atom. The van der Waals surface area contributed by atoms with E-state index in [0.29, 0.717) is 19.0 Å². The van der Waals surface area contributed by atoms with E-state index in [-0.39, 0.29) is 5.91 Å². The molecular formula is C13H18N4O. The van der Waals surface area contributed by atoms with Gasteiger partial charge in [0.05, 0.1) is 6.54 Å². The molecule has 0 bridgehead atoms. The fourth-order valence-electron chi connectivity index (χ4n) is 2.81. The molecule has 96 valence electrons. The van der Waals surface area contributed by atoms with Crippen molar-refractivity contribution in [3.8, 4) is 0 Å². The maximum absolute atomic E-state index is 11.4. The van der Waals surface area contributed by atoms with Crippen molar-refractivity contribution in [2.75, 3.05) is 24.5 Å². The summed E-state index contributed by atoms with van der Waals surface area (Å²) >= 11 is 0. The van der Waals surface area contributed by atoms with Gasteiger partial charge in [0.15, 0.2) is 0 Å². The van der Waals surface area contributed by atoms with Gasteiger partial charge in [-0.05, 0) is 12.8 Å². The molecule has 1 saturated carbocycles. The Morgan fingerprint density at radius 1 is 1.28 bits per heavy atom. The third-order valence-electron chi connectivity index (χ3n) is 3.81. The molecule has 1 N–H and O–H groups in total. The van der Waals surface area contributed by atoms with Crippen LogP contribution in [0.2, 0.25) is 0 Å². The van der Waals surface area contributed by atoms with Crippen molar-refractivity contribution in [1.29, 1.82) is 0 Å². The summed E-state index contributed by atoms with van der Waals surface area (Å²) in [5.74, 6) is 1.55. The normalized spacial score (nSPS) is 21.1. The molecule has 0 unspecified atom stereocenters. The number of amides is 1. The number of piperazine rings is 1. The van der Waals surface area contributed by atoms with Crippen LogP contribution >= 0.6 is 0 Å². The molecule has 0 radical (unpaired) electrons. The molecule has 1 aromatic rings. The Hall–Kier alpha value is -1.65. The Bertz CT molecular complexity index is 442. The average Bonchev–Trinajstić information content (AvgIpc) is 2.93. The first-order valence-corrected chi connectivity index (χ1v) is 6.66. The quantitative estimate of drug-likeness (QED) is 0.848. The van der Waals surface area contributed by atoms with Gasteiger partial charge in [0, 0.05) is 30.8 Å². The molecule has 2 aliphatic rings. The number of nitrogens with one attached hydrogen (secondary N) is 1. The molecule has 1 saturated heterocycles. The highest BCUT2D eigenvalue weighted by Crippen LogP contribution is 2.33. The Balaban J connectivity index is 1.79. The molecule has 1 aliphatic carbocycles. The van der Waals surface area contributed by atoms with Crippen molar-refractivity contribution in [2.24, 2.45) is 0 Å². The first-order valence-electron chi connectivity index (χ1n) is 6.66. The summed E-state index contributed by atoms with van der Waals surface area (Å²) in [5.41, 5.74) is 1.14. The minimum atomic E-state index is 0.0716. The lowest BCUT2D eigenvalue weighted by molar-refractivity contribution is -0.120. The minimum Gasteiger partial charge on any atom is -0.353 e. The maximum Gasteiger partial charge on any atom is 0.239 e. The molecule has 2 fully saturated rings. The standard InChI is InChI=1S/C13H18N4O/c18-13-8-17(6-5-14-13)12-7-11(15-9-16-12)10-3-1-2-4-10/h7,9-10H,1-6,8H2,(H,14,18). The van der Waals surface area contributed by atoms with Crippen molar-refractivity contribution < 1.29 is 4.79 Å². The molecule has 0 spiro atoms. The highest BCUT2D eigenvalue weighted by molar-refractivity contribution is 5.82. The second-order valence-electron chi connectivity index (χ2n) is 5.05. The highest BCUT2D eigenvalue weighted by atomic mass is 16.2. The van der Waals surface area contributed by atoms with Crippen LogP contribution in [0.3, 0.4) is 0 Å². The van der Waals surface area contributed by atoms with Crippen LogP contribution in [0.15, 0.2) is 12.4 Å². The first-order chi connectivity index (χ1) is 8.83. The van der Waals surface area contributed by atoms with Crippen LogP contribution in [0, 0.1) is 0 Å². The third kappa shape index (κ3) is 2.30. The average molecular weight is 246 g/mol. The molecule has 5 nitrogen and oxygen atoms in total. The van der Waals surface area contributed by atoms with Crippen molar-refractivity contribution in [3.63, 3.8) is 0 Å². The summed E-state index contributed by atoms with van der Waals surface area (Å²) in [7, 11) is 0. The number of anilines is 1. The number of carbonyl (C=O) groups is 1. The summed E-state index contributed by atoms with van der Waals surface area (Å²) in [6, 6.07) is 2.06. The second-order valence-corrected chi connectivity index (χ2v) is 5.05. The SMILES string of the molecule is O=C1CN(c2cc(C3CCCC3)ncn2)CCN1. The summed E-state index contributed by atoms with van der Waals surface area (Å²) in [4.78, 5) is 22.1. The fraction of sp³-hybridized carbons (Fsp3) is 0.615. The van der Waals surface area contributed by atoms with E-state index in [1.165, 1.54) is 25.7 Å². The van der Waals surface area contributed by atoms with Crippen LogP contribution in [0.1, 0.15) is 37.3 Å². The largest absolute Gasteiger partial charge is 0.353 e. The van der Waals surface area contributed by atoms with Gasteiger partial charge in [0.2, 0.25) is 5.91 Å². The maximum atomic E-state index is 11.4. The van der Waals surface area contributed by atoms with Crippen LogP contribution in [-0.2, 0) is 4.79 Å². The predicted octanol–water partition coefficient (Wildman–Crippen LogP) is 1.07. The molecule has 1 aromatic heterocycles. The highest BCUT2D eigenvalue weighted by Gasteiger charge is 2.21. The van der Waals surface area contributed by atoms with Crippen molar-refractivity contribution in [3.05, 3.63) is 18.1 Å². The number of hydrogen-bond acceptors (Lipinski definition) is 4. The Labute approximate surface area is 107 Å². The van der Waals surface area contributed by atoms with E-state index in [2.05, 4.69) is 21.4 Å². The van der Waals surface area contributed by atoms with Gasteiger partial charge in [-0.15, -0.1) is 0 Å². The third-order valence-corrected chi connectivity index (χ3v) is 3.81. The molecule has 0 atom stereocenters. The number of carbonyl (C=O) groups excluding carboxylic acids is 1. The van der Waals surface area contributed by atoms with E-state index < -0.39 is 0 Å². The van der Waals surface area contributed by atoms with E-state index in [1.807, 2.05) is 4.90 Å². The zero-order chi connectivity index (χ0) is 12.4. The van der Waals surface area contributed by atoms with E-state index in [0.717, 1.165) is 18.1 Å². The molecule has 18 heavy (non-hydrogen) atoms. The van der Waals surface area contributed by atoms with Crippen LogP contribution in [0.5, 0.6) is 0 Å². The number of rotatable bonds is 2. The summed E-state index contributed by atoms with van der Waals surface area (Å²) in [6.07, 6.45) is 6.70. The summed E-state index contributed by atoms with van der Waals surface area (Å²) in [6.45, 7) is 1.93. The van der Waals surface area contributed by atoms with Gasteiger partial charge in [-0.1, -0.05) is 12.8 Å². The molecule has 3 rings (SSSR count). The van der Waals surface area contributed by atoms with Gasteiger partial charge in [-0.2, -0.15) is 0 Å².